The van der Waals surface area contributed by atoms with E-state index in [9.17, 15) is 24.3 Å². The molecule has 6 rings (SSSR count). The Morgan fingerprint density at radius 1 is 0.815 bits per heavy atom. The van der Waals surface area contributed by atoms with E-state index in [-0.39, 0.29) is 23.9 Å². The Kier molecular flexibility index (Phi) is 11.8. The first-order valence-electron chi connectivity index (χ1n) is 18.4. The smallest absolute Gasteiger partial charge is 0.407 e. The molecule has 2 fully saturated rings. The fourth-order valence-corrected chi connectivity index (χ4v) is 7.46. The van der Waals surface area contributed by atoms with Gasteiger partial charge in [-0.25, -0.2) is 14.6 Å². The summed E-state index contributed by atoms with van der Waals surface area (Å²) in [5.41, 5.74) is 4.92. The number of nitrogens with one attached hydrogen (secondary N) is 4. The number of hydrogen-bond acceptors (Lipinski definition) is 9. The molecule has 5 N–H and O–H groups in total. The van der Waals surface area contributed by atoms with Gasteiger partial charge in [-0.2, -0.15) is 0 Å². The summed E-state index contributed by atoms with van der Waals surface area (Å²) in [7, 11) is 2.53. The van der Waals surface area contributed by atoms with Gasteiger partial charge in [0, 0.05) is 18.7 Å². The number of rotatable bonds is 11. The molecule has 54 heavy (non-hydrogen) atoms. The maximum absolute atomic E-state index is 13.3. The first-order valence-corrected chi connectivity index (χ1v) is 18.4. The van der Waals surface area contributed by atoms with Crippen LogP contribution in [0.1, 0.15) is 69.9 Å². The normalized spacial score (nSPS) is 19.5. The van der Waals surface area contributed by atoms with Crippen molar-refractivity contribution < 1.29 is 33.8 Å². The number of hydrogen-bond donors (Lipinski definition) is 5. The lowest BCUT2D eigenvalue weighted by Crippen LogP contribution is -2.52. The molecule has 0 radical (unpaired) electrons. The van der Waals surface area contributed by atoms with E-state index in [1.807, 2.05) is 42.3 Å². The average molecular weight is 740 g/mol. The highest BCUT2D eigenvalue weighted by atomic mass is 16.5. The van der Waals surface area contributed by atoms with Crippen LogP contribution in [0.5, 0.6) is 0 Å². The summed E-state index contributed by atoms with van der Waals surface area (Å²) in [5, 5.41) is 21.4. The van der Waals surface area contributed by atoms with Crippen molar-refractivity contribution in [3.63, 3.8) is 0 Å². The number of aliphatic hydroxyl groups is 1. The number of carbonyl (C=O) groups is 4. The Labute approximate surface area is 314 Å². The number of benzene rings is 3. The average Bonchev–Trinajstić information content (AvgIpc) is 3.98. The number of aliphatic hydroxyl groups excluding tert-OH is 1. The second-order valence-corrected chi connectivity index (χ2v) is 14.1. The number of imidazole rings is 1. The molecule has 4 amide bonds. The summed E-state index contributed by atoms with van der Waals surface area (Å²) in [5.74, 6) is 0.236. The third-order valence-corrected chi connectivity index (χ3v) is 10.5. The molecule has 14 heteroatoms. The Morgan fingerprint density at radius 3 is 2.15 bits per heavy atom. The lowest BCUT2D eigenvalue weighted by atomic mass is 9.97. The van der Waals surface area contributed by atoms with Gasteiger partial charge in [0.15, 0.2) is 0 Å². The molecular weight excluding hydrogens is 690 g/mol. The van der Waals surface area contributed by atoms with E-state index in [0.29, 0.717) is 25.9 Å². The minimum atomic E-state index is -0.888. The van der Waals surface area contributed by atoms with E-state index in [1.165, 1.54) is 19.1 Å². The van der Waals surface area contributed by atoms with Crippen molar-refractivity contribution in [2.75, 3.05) is 27.3 Å². The van der Waals surface area contributed by atoms with Crippen LogP contribution in [0.2, 0.25) is 0 Å². The van der Waals surface area contributed by atoms with Crippen molar-refractivity contribution in [1.82, 2.24) is 35.7 Å². The first kappa shape index (κ1) is 38.3. The van der Waals surface area contributed by atoms with E-state index in [1.54, 1.807) is 13.8 Å². The molecule has 6 unspecified atom stereocenters. The fourth-order valence-electron chi connectivity index (χ4n) is 7.46. The molecule has 0 spiro atoms. The van der Waals surface area contributed by atoms with Crippen LogP contribution in [0.3, 0.4) is 0 Å². The molecule has 0 bridgehead atoms. The molecule has 4 aromatic rings. The number of alkyl carbamates (subject to hydrolysis) is 2. The van der Waals surface area contributed by atoms with Crippen molar-refractivity contribution >= 4 is 34.8 Å². The second kappa shape index (κ2) is 16.7. The number of aromatic amines is 1. The number of nitrogens with zero attached hydrogens (tertiary/aromatic N) is 3. The van der Waals surface area contributed by atoms with Crippen LogP contribution in [0.25, 0.3) is 33.2 Å². The van der Waals surface area contributed by atoms with Crippen LogP contribution < -0.4 is 16.0 Å². The topological polar surface area (TPSA) is 178 Å². The maximum Gasteiger partial charge on any atom is 0.407 e. The predicted octanol–water partition coefficient (Wildman–Crippen LogP) is 5.01. The number of likely N-dealkylation sites (tertiary alicyclic amines) is 2. The fraction of sp³-hybridized carbons (Fsp3) is 0.425. The number of aromatic nitrogens is 2. The highest BCUT2D eigenvalue weighted by molar-refractivity contribution is 5.92. The van der Waals surface area contributed by atoms with E-state index < -0.39 is 36.5 Å². The standard InChI is InChI=1S/C40H49N7O7/c1-23(42-36(48)34-9-7-19-47(34)38(50)25(3)44-40(52)54-5)26-10-12-27(13-11-26)28-14-15-30-21-31(17-16-29(30)20-28)32-22-41-35(45-32)33-8-6-18-46(33)37(49)24(2)43-39(51)53-4/h10-17,20-25,33-34,37,49H,6-9,18-19H2,1-5H3,(H,41,45)(H,42,48)(H,43,51)(H,44,52). The Morgan fingerprint density at radius 2 is 1.44 bits per heavy atom. The van der Waals surface area contributed by atoms with Crippen molar-refractivity contribution in [3.8, 4) is 22.4 Å². The number of methoxy groups -OCH3 is 2. The second-order valence-electron chi connectivity index (χ2n) is 14.1. The van der Waals surface area contributed by atoms with Crippen LogP contribution in [0, 0.1) is 0 Å². The predicted molar refractivity (Wildman–Crippen MR) is 203 cm³/mol. The number of fused-ring (bicyclic) bond motifs is 1. The van der Waals surface area contributed by atoms with Crippen LogP contribution in [0.15, 0.2) is 66.9 Å². The number of amides is 4. The maximum atomic E-state index is 13.3. The highest BCUT2D eigenvalue weighted by Gasteiger charge is 2.37. The minimum absolute atomic E-state index is 0.107. The van der Waals surface area contributed by atoms with Crippen LogP contribution in [0.4, 0.5) is 9.59 Å². The van der Waals surface area contributed by atoms with Crippen molar-refractivity contribution in [3.05, 3.63) is 78.2 Å². The van der Waals surface area contributed by atoms with Crippen LogP contribution in [-0.4, -0.2) is 101 Å². The zero-order valence-electron chi connectivity index (χ0n) is 31.3. The lowest BCUT2D eigenvalue weighted by Gasteiger charge is -2.32. The summed E-state index contributed by atoms with van der Waals surface area (Å²) < 4.78 is 9.29. The largest absolute Gasteiger partial charge is 0.453 e. The van der Waals surface area contributed by atoms with Crippen LogP contribution in [-0.2, 0) is 19.1 Å². The highest BCUT2D eigenvalue weighted by Crippen LogP contribution is 2.34. The van der Waals surface area contributed by atoms with Gasteiger partial charge in [-0.05, 0) is 86.1 Å². The minimum Gasteiger partial charge on any atom is -0.453 e. The van der Waals surface area contributed by atoms with E-state index in [2.05, 4.69) is 71.8 Å². The van der Waals surface area contributed by atoms with Gasteiger partial charge < -0.3 is 40.4 Å². The van der Waals surface area contributed by atoms with Crippen LogP contribution >= 0.6 is 0 Å². The van der Waals surface area contributed by atoms with Gasteiger partial charge in [-0.3, -0.25) is 14.5 Å². The number of H-pyrrole nitrogens is 1. The molecule has 0 saturated carbocycles. The molecule has 3 heterocycles. The molecule has 6 atom stereocenters. The van der Waals surface area contributed by atoms with Gasteiger partial charge in [0.05, 0.1) is 44.2 Å². The van der Waals surface area contributed by atoms with Gasteiger partial charge in [0.2, 0.25) is 11.8 Å². The Hall–Kier alpha value is -5.47. The quantitative estimate of drug-likeness (QED) is 0.142. The third-order valence-electron chi connectivity index (χ3n) is 10.5. The molecule has 0 aliphatic carbocycles. The van der Waals surface area contributed by atoms with Gasteiger partial charge in [0.25, 0.3) is 0 Å². The molecule has 286 valence electrons. The Balaban J connectivity index is 1.08. The van der Waals surface area contributed by atoms with Crippen molar-refractivity contribution in [1.29, 1.82) is 0 Å². The zero-order valence-corrected chi connectivity index (χ0v) is 31.3. The van der Waals surface area contributed by atoms with Crippen molar-refractivity contribution in [2.45, 2.75) is 82.9 Å². The van der Waals surface area contributed by atoms with E-state index in [4.69, 9.17) is 0 Å². The Bertz CT molecular complexity index is 1980. The summed E-state index contributed by atoms with van der Waals surface area (Å²) in [6, 6.07) is 18.4. The molecule has 2 aliphatic heterocycles. The van der Waals surface area contributed by atoms with Gasteiger partial charge in [0.1, 0.15) is 24.1 Å². The monoisotopic (exact) mass is 739 g/mol. The molecular formula is C40H49N7O7. The van der Waals surface area contributed by atoms with Gasteiger partial charge in [-0.15, -0.1) is 0 Å². The summed E-state index contributed by atoms with van der Waals surface area (Å²) >= 11 is 0. The summed E-state index contributed by atoms with van der Waals surface area (Å²) in [6.45, 7) is 6.39. The van der Waals surface area contributed by atoms with Gasteiger partial charge >= 0.3 is 12.2 Å². The first-order chi connectivity index (χ1) is 26.0. The van der Waals surface area contributed by atoms with Gasteiger partial charge in [-0.1, -0.05) is 48.5 Å². The van der Waals surface area contributed by atoms with E-state index in [0.717, 1.165) is 57.4 Å². The molecule has 1 aromatic heterocycles. The number of carbonyl (C=O) groups excluding carboxylic acids is 4. The van der Waals surface area contributed by atoms with E-state index >= 15 is 0 Å². The summed E-state index contributed by atoms with van der Waals surface area (Å²) in [6.07, 6.45) is 2.67. The number of ether oxygens (including phenoxy) is 2. The SMILES string of the molecule is COC(=O)NC(C)C(=O)N1CCCC1C(=O)NC(C)c1ccc(-c2ccc3cc(-c4cnc(C5CCCN5C(O)C(C)NC(=O)OC)[nH]4)ccc3c2)cc1. The summed E-state index contributed by atoms with van der Waals surface area (Å²) in [4.78, 5) is 61.2. The molecule has 3 aromatic carbocycles. The van der Waals surface area contributed by atoms with Crippen molar-refractivity contribution in [2.24, 2.45) is 0 Å². The third kappa shape index (κ3) is 8.34. The molecule has 2 saturated heterocycles. The molecule has 14 nitrogen and oxygen atoms in total. The lowest BCUT2D eigenvalue weighted by molar-refractivity contribution is -0.139. The molecule has 2 aliphatic rings. The zero-order chi connectivity index (χ0) is 38.5.